The molecule has 1 aliphatic rings. The minimum Gasteiger partial charge on any atom is -0.438 e. The molecule has 1 atom stereocenters. The molecule has 0 unspecified atom stereocenters. The second-order valence-electron chi connectivity index (χ2n) is 7.58. The van der Waals surface area contributed by atoms with E-state index < -0.39 is 44.3 Å². The molecular weight excluding hydrogens is 513 g/mol. The van der Waals surface area contributed by atoms with Gasteiger partial charge in [-0.2, -0.15) is 4.39 Å². The number of hydrogen-bond donors (Lipinski definition) is 1. The molecule has 6 nitrogen and oxygen atoms in total. The Morgan fingerprint density at radius 2 is 2.00 bits per heavy atom. The molecule has 0 aliphatic heterocycles. The number of sulfone groups is 1. The van der Waals surface area contributed by atoms with Crippen molar-refractivity contribution in [3.63, 3.8) is 0 Å². The minimum atomic E-state index is -4.05. The number of ether oxygens (including phenoxy) is 1. The fourth-order valence-electron chi connectivity index (χ4n) is 2.86. The van der Waals surface area contributed by atoms with Gasteiger partial charge < -0.3 is 10.1 Å². The van der Waals surface area contributed by atoms with E-state index in [0.717, 1.165) is 24.5 Å². The van der Waals surface area contributed by atoms with Crippen LogP contribution in [0.25, 0.3) is 0 Å². The van der Waals surface area contributed by atoms with Crippen LogP contribution < -0.4 is 10.1 Å². The molecule has 3 rings (SSSR count). The van der Waals surface area contributed by atoms with E-state index in [2.05, 4.69) is 26.2 Å². The first-order chi connectivity index (χ1) is 14.8. The van der Waals surface area contributed by atoms with Crippen LogP contribution in [-0.2, 0) is 15.8 Å². The number of benzene rings is 1. The number of nitrogens with one attached hydrogen (secondary N) is 1. The van der Waals surface area contributed by atoms with E-state index in [9.17, 15) is 26.4 Å². The van der Waals surface area contributed by atoms with Gasteiger partial charge >= 0.3 is 0 Å². The molecule has 0 spiro atoms. The molecule has 0 radical (unpaired) electrons. The number of carbonyl (C=O) groups is 1. The molecule has 11 heteroatoms. The molecule has 0 saturated heterocycles. The first kappa shape index (κ1) is 24.2. The molecule has 32 heavy (non-hydrogen) atoms. The third-order valence-corrected chi connectivity index (χ3v) is 6.01. The summed E-state index contributed by atoms with van der Waals surface area (Å²) in [4.78, 5) is 16.7. The van der Waals surface area contributed by atoms with Crippen molar-refractivity contribution in [1.29, 1.82) is 0 Å². The first-order valence-electron chi connectivity index (χ1n) is 9.55. The summed E-state index contributed by atoms with van der Waals surface area (Å²) < 4.78 is 71.0. The number of rotatable bonds is 8. The highest BCUT2D eigenvalue weighted by atomic mass is 79.9. The van der Waals surface area contributed by atoms with Gasteiger partial charge in [0.05, 0.1) is 11.6 Å². The van der Waals surface area contributed by atoms with E-state index in [1.54, 1.807) is 24.3 Å². The van der Waals surface area contributed by atoms with Crippen LogP contribution in [0.2, 0.25) is 0 Å². The van der Waals surface area contributed by atoms with Crippen LogP contribution in [0, 0.1) is 5.92 Å². The van der Waals surface area contributed by atoms with Crippen molar-refractivity contribution >= 4 is 31.7 Å². The van der Waals surface area contributed by atoms with E-state index in [4.69, 9.17) is 4.74 Å². The number of alkyl halides is 2. The lowest BCUT2D eigenvalue weighted by atomic mass is 10.1. The van der Waals surface area contributed by atoms with Crippen molar-refractivity contribution in [2.24, 2.45) is 5.92 Å². The lowest BCUT2D eigenvalue weighted by Crippen LogP contribution is -2.36. The molecule has 172 valence electrons. The topological polar surface area (TPSA) is 85.4 Å². The maximum absolute atomic E-state index is 14.1. The zero-order valence-corrected chi connectivity index (χ0v) is 19.5. The van der Waals surface area contributed by atoms with Crippen LogP contribution in [0.15, 0.2) is 52.1 Å². The van der Waals surface area contributed by atoms with E-state index in [0.29, 0.717) is 24.2 Å². The highest BCUT2D eigenvalue weighted by molar-refractivity contribution is 9.10. The van der Waals surface area contributed by atoms with Crippen LogP contribution in [0.5, 0.6) is 11.6 Å². The normalized spacial score (nSPS) is 15.9. The van der Waals surface area contributed by atoms with Gasteiger partial charge in [0.25, 0.3) is 11.8 Å². The maximum atomic E-state index is 14.1. The van der Waals surface area contributed by atoms with Gasteiger partial charge in [-0.3, -0.25) is 4.79 Å². The summed E-state index contributed by atoms with van der Waals surface area (Å²) in [5, 5.41) is 1.18. The lowest BCUT2D eigenvalue weighted by molar-refractivity contribution is 0.0149. The second-order valence-corrected chi connectivity index (χ2v) is 10.4. The summed E-state index contributed by atoms with van der Waals surface area (Å²) in [5.74, 6) is -4.41. The van der Waals surface area contributed by atoms with Gasteiger partial charge in [0.15, 0.2) is 0 Å². The summed E-state index contributed by atoms with van der Waals surface area (Å²) in [5.41, 5.74) is -0.752. The Balaban J connectivity index is 1.90. The van der Waals surface area contributed by atoms with Crippen LogP contribution in [0.4, 0.5) is 13.2 Å². The molecule has 1 fully saturated rings. The van der Waals surface area contributed by atoms with E-state index in [1.165, 1.54) is 0 Å². The zero-order valence-electron chi connectivity index (χ0n) is 17.1. The largest absolute Gasteiger partial charge is 0.438 e. The Morgan fingerprint density at radius 1 is 1.31 bits per heavy atom. The maximum Gasteiger partial charge on any atom is 0.275 e. The Labute approximate surface area is 191 Å². The molecular formula is C21H20BrF3N2O4S. The number of nitrogens with zero attached hydrogens (tertiary/aromatic N) is 1. The van der Waals surface area contributed by atoms with E-state index >= 15 is 0 Å². The van der Waals surface area contributed by atoms with Gasteiger partial charge in [0, 0.05) is 17.7 Å². The third kappa shape index (κ3) is 6.32. The van der Waals surface area contributed by atoms with Crippen molar-refractivity contribution in [3.05, 3.63) is 63.4 Å². The number of aromatic nitrogens is 1. The van der Waals surface area contributed by atoms with E-state index in [-0.39, 0.29) is 17.4 Å². The minimum absolute atomic E-state index is 0.122. The average Bonchev–Trinajstić information content (AvgIpc) is 3.51. The first-order valence-corrected chi connectivity index (χ1v) is 12.2. The number of hydrogen-bond acceptors (Lipinski definition) is 5. The quantitative estimate of drug-likeness (QED) is 0.510. The van der Waals surface area contributed by atoms with Crippen molar-refractivity contribution in [1.82, 2.24) is 10.3 Å². The van der Waals surface area contributed by atoms with Crippen LogP contribution in [0.1, 0.15) is 35.8 Å². The molecule has 1 aromatic carbocycles. The lowest BCUT2D eigenvalue weighted by Gasteiger charge is -2.18. The molecule has 1 amide bonds. The molecule has 1 heterocycles. The van der Waals surface area contributed by atoms with Gasteiger partial charge in [-0.15, -0.1) is 0 Å². The number of carbonyl (C=O) groups excluding carboxylic acids is 1. The van der Waals surface area contributed by atoms with Gasteiger partial charge in [-0.25, -0.2) is 22.2 Å². The van der Waals surface area contributed by atoms with Crippen molar-refractivity contribution in [3.8, 4) is 11.6 Å². The Kier molecular flexibility index (Phi) is 6.99. The van der Waals surface area contributed by atoms with E-state index in [1.807, 2.05) is 0 Å². The molecule has 1 aliphatic carbocycles. The van der Waals surface area contributed by atoms with Crippen LogP contribution in [-0.4, -0.2) is 31.6 Å². The summed E-state index contributed by atoms with van der Waals surface area (Å²) >= 11 is 3.26. The summed E-state index contributed by atoms with van der Waals surface area (Å²) in [7, 11) is -4.05. The molecule has 1 N–H and O–H groups in total. The summed E-state index contributed by atoms with van der Waals surface area (Å²) in [6.07, 6.45) is 2.94. The smallest absolute Gasteiger partial charge is 0.275 e. The number of halogens is 4. The van der Waals surface area contributed by atoms with Crippen LogP contribution in [0.3, 0.4) is 0 Å². The summed E-state index contributed by atoms with van der Waals surface area (Å²) in [6, 6.07) is 7.72. The number of pyridine rings is 1. The summed E-state index contributed by atoms with van der Waals surface area (Å²) in [6.45, 7) is 0.680. The Morgan fingerprint density at radius 3 is 2.56 bits per heavy atom. The predicted molar refractivity (Wildman–Crippen MR) is 116 cm³/mol. The highest BCUT2D eigenvalue weighted by Gasteiger charge is 2.34. The Bertz CT molecular complexity index is 1160. The van der Waals surface area contributed by atoms with Gasteiger partial charge in [0.2, 0.25) is 20.9 Å². The second kappa shape index (κ2) is 9.22. The van der Waals surface area contributed by atoms with Crippen LogP contribution >= 0.6 is 15.9 Å². The monoisotopic (exact) mass is 532 g/mol. The van der Waals surface area contributed by atoms with Crippen molar-refractivity contribution in [2.45, 2.75) is 31.7 Å². The fraction of sp³-hybridized carbons (Fsp3) is 0.333. The SMILES string of the molecule is CC(F)(F)c1ccc(C(=O)N[C@H](/C=C(\F)S(C)(=O)=O)C2CC2)nc1Oc1cccc(Br)c1. The fourth-order valence-corrected chi connectivity index (χ4v) is 3.63. The molecule has 1 aromatic heterocycles. The Hall–Kier alpha value is -2.40. The molecule has 0 bridgehead atoms. The van der Waals surface area contributed by atoms with Gasteiger partial charge in [-0.1, -0.05) is 22.0 Å². The average molecular weight is 533 g/mol. The van der Waals surface area contributed by atoms with Crippen molar-refractivity contribution < 1.29 is 31.1 Å². The molecule has 2 aromatic rings. The van der Waals surface area contributed by atoms with Gasteiger partial charge in [-0.05, 0) is 55.2 Å². The molecule has 1 saturated carbocycles. The standard InChI is InChI=1S/C21H20BrF3N2O4S/c1-21(24,25)15-8-9-16(27-20(15)31-14-5-3-4-13(22)10-14)19(28)26-17(12-6-7-12)11-18(23)32(2,29)30/h3-5,8-12,17H,6-7H2,1-2H3,(H,26,28)/b18-11+/t17-/m1/s1. The third-order valence-electron chi connectivity index (χ3n) is 4.67. The van der Waals surface area contributed by atoms with Gasteiger partial charge in [0.1, 0.15) is 11.4 Å². The van der Waals surface area contributed by atoms with Crippen molar-refractivity contribution in [2.75, 3.05) is 6.26 Å². The highest BCUT2D eigenvalue weighted by Crippen LogP contribution is 2.37. The predicted octanol–water partition coefficient (Wildman–Crippen LogP) is 5.11. The number of amides is 1. The zero-order chi connectivity index (χ0) is 23.7.